The van der Waals surface area contributed by atoms with E-state index in [0.29, 0.717) is 24.6 Å². The second-order valence-corrected chi connectivity index (χ2v) is 9.71. The van der Waals surface area contributed by atoms with Gasteiger partial charge in [-0.05, 0) is 37.8 Å². The van der Waals surface area contributed by atoms with Gasteiger partial charge in [-0.15, -0.1) is 0 Å². The minimum absolute atomic E-state index is 0.0990. The SMILES string of the molecule is Cc1cccc([C@H]2CN(C(=O)C3CCCC3)[C@@H]3CCN(C(=O)c4cc[nH]c(=O)c4)C[C@H]23)c1. The maximum atomic E-state index is 13.4. The van der Waals surface area contributed by atoms with Crippen LogP contribution >= 0.6 is 0 Å². The Morgan fingerprint density at radius 2 is 1.84 bits per heavy atom. The van der Waals surface area contributed by atoms with Crippen LogP contribution in [0.15, 0.2) is 47.4 Å². The van der Waals surface area contributed by atoms with E-state index in [1.54, 1.807) is 6.07 Å². The van der Waals surface area contributed by atoms with Crippen molar-refractivity contribution >= 4 is 11.8 Å². The summed E-state index contributed by atoms with van der Waals surface area (Å²) in [6.45, 7) is 4.06. The number of hydrogen-bond donors (Lipinski definition) is 1. The Kier molecular flexibility index (Phi) is 5.62. The molecule has 6 nitrogen and oxygen atoms in total. The number of aromatic nitrogens is 1. The number of fused-ring (bicyclic) bond motifs is 1. The minimum atomic E-state index is -0.266. The van der Waals surface area contributed by atoms with Crippen LogP contribution in [-0.2, 0) is 4.79 Å². The van der Waals surface area contributed by atoms with Crippen molar-refractivity contribution in [2.24, 2.45) is 11.8 Å². The van der Waals surface area contributed by atoms with E-state index < -0.39 is 0 Å². The van der Waals surface area contributed by atoms with Crippen LogP contribution in [0.1, 0.15) is 59.5 Å². The van der Waals surface area contributed by atoms with Gasteiger partial charge in [0, 0.05) is 61.3 Å². The van der Waals surface area contributed by atoms with Crippen LogP contribution in [0, 0.1) is 18.8 Å². The molecular weight excluding hydrogens is 402 g/mol. The largest absolute Gasteiger partial charge is 0.338 e. The minimum Gasteiger partial charge on any atom is -0.338 e. The van der Waals surface area contributed by atoms with Crippen molar-refractivity contribution in [3.8, 4) is 0 Å². The summed E-state index contributed by atoms with van der Waals surface area (Å²) in [5.41, 5.74) is 2.63. The molecule has 2 saturated heterocycles. The summed E-state index contributed by atoms with van der Waals surface area (Å²) < 4.78 is 0. The van der Waals surface area contributed by atoms with E-state index in [9.17, 15) is 14.4 Å². The quantitative estimate of drug-likeness (QED) is 0.807. The maximum Gasteiger partial charge on any atom is 0.254 e. The first-order chi connectivity index (χ1) is 15.5. The molecule has 0 spiro atoms. The van der Waals surface area contributed by atoms with Gasteiger partial charge in [0.2, 0.25) is 11.5 Å². The molecule has 1 saturated carbocycles. The molecule has 1 N–H and O–H groups in total. The number of aryl methyl sites for hydroxylation is 1. The van der Waals surface area contributed by atoms with Gasteiger partial charge in [0.15, 0.2) is 0 Å². The number of rotatable bonds is 3. The van der Waals surface area contributed by atoms with Gasteiger partial charge in [0.25, 0.3) is 5.91 Å². The van der Waals surface area contributed by atoms with E-state index >= 15 is 0 Å². The zero-order valence-electron chi connectivity index (χ0n) is 18.6. The molecule has 1 aromatic carbocycles. The third-order valence-electron chi connectivity index (χ3n) is 7.70. The van der Waals surface area contributed by atoms with Crippen LogP contribution < -0.4 is 5.56 Å². The Labute approximate surface area is 188 Å². The van der Waals surface area contributed by atoms with Gasteiger partial charge in [0.1, 0.15) is 0 Å². The highest BCUT2D eigenvalue weighted by Gasteiger charge is 2.48. The van der Waals surface area contributed by atoms with Gasteiger partial charge < -0.3 is 14.8 Å². The van der Waals surface area contributed by atoms with Crippen molar-refractivity contribution in [2.75, 3.05) is 19.6 Å². The summed E-state index contributed by atoms with van der Waals surface area (Å²) in [4.78, 5) is 44.9. The number of aromatic amines is 1. The molecule has 168 valence electrons. The van der Waals surface area contributed by atoms with Gasteiger partial charge in [-0.25, -0.2) is 0 Å². The van der Waals surface area contributed by atoms with Crippen molar-refractivity contribution in [3.05, 3.63) is 69.6 Å². The number of carbonyl (C=O) groups excluding carboxylic acids is 2. The average Bonchev–Trinajstić information content (AvgIpc) is 3.46. The Morgan fingerprint density at radius 3 is 2.59 bits per heavy atom. The molecular formula is C26H31N3O3. The number of piperidine rings is 1. The Hall–Kier alpha value is -2.89. The molecule has 2 aliphatic heterocycles. The predicted octanol–water partition coefficient (Wildman–Crippen LogP) is 3.33. The van der Waals surface area contributed by atoms with Crippen molar-refractivity contribution in [1.29, 1.82) is 0 Å². The first-order valence-electron chi connectivity index (χ1n) is 11.9. The summed E-state index contributed by atoms with van der Waals surface area (Å²) >= 11 is 0. The van der Waals surface area contributed by atoms with Gasteiger partial charge in [-0.1, -0.05) is 42.7 Å². The van der Waals surface area contributed by atoms with Crippen LogP contribution in [0.5, 0.6) is 0 Å². The molecule has 3 atom stereocenters. The molecule has 3 aliphatic rings. The summed E-state index contributed by atoms with van der Waals surface area (Å²) in [5, 5.41) is 0. The Morgan fingerprint density at radius 1 is 1.03 bits per heavy atom. The number of nitrogens with one attached hydrogen (secondary N) is 1. The third-order valence-corrected chi connectivity index (χ3v) is 7.70. The summed E-state index contributed by atoms with van der Waals surface area (Å²) in [5.74, 6) is 0.824. The van der Waals surface area contributed by atoms with E-state index in [1.807, 2.05) is 4.90 Å². The smallest absolute Gasteiger partial charge is 0.254 e. The zero-order chi connectivity index (χ0) is 22.2. The highest BCUT2D eigenvalue weighted by molar-refractivity contribution is 5.94. The second-order valence-electron chi connectivity index (χ2n) is 9.71. The lowest BCUT2D eigenvalue weighted by atomic mass is 9.81. The molecule has 2 aromatic rings. The fourth-order valence-corrected chi connectivity index (χ4v) is 6.09. The number of hydrogen-bond acceptors (Lipinski definition) is 3. The van der Waals surface area contributed by atoms with E-state index in [2.05, 4.69) is 41.1 Å². The van der Waals surface area contributed by atoms with E-state index in [0.717, 1.165) is 38.6 Å². The van der Waals surface area contributed by atoms with Crippen molar-refractivity contribution in [3.63, 3.8) is 0 Å². The highest BCUT2D eigenvalue weighted by atomic mass is 16.2. The molecule has 0 unspecified atom stereocenters. The molecule has 5 rings (SSSR count). The molecule has 0 bridgehead atoms. The molecule has 3 fully saturated rings. The van der Waals surface area contributed by atoms with Gasteiger partial charge >= 0.3 is 0 Å². The van der Waals surface area contributed by atoms with Gasteiger partial charge in [-0.2, -0.15) is 0 Å². The summed E-state index contributed by atoms with van der Waals surface area (Å²) in [7, 11) is 0. The third kappa shape index (κ3) is 3.87. The number of pyridine rings is 1. The van der Waals surface area contributed by atoms with E-state index in [-0.39, 0.29) is 35.3 Å². The molecule has 6 heteroatoms. The molecule has 1 aromatic heterocycles. The number of amides is 2. The number of carbonyl (C=O) groups is 2. The zero-order valence-corrected chi connectivity index (χ0v) is 18.6. The number of H-pyrrole nitrogens is 1. The Bertz CT molecular complexity index is 1070. The number of benzene rings is 1. The number of nitrogens with zero attached hydrogens (tertiary/aromatic N) is 2. The first-order valence-corrected chi connectivity index (χ1v) is 11.9. The topological polar surface area (TPSA) is 73.5 Å². The fraction of sp³-hybridized carbons (Fsp3) is 0.500. The van der Waals surface area contributed by atoms with E-state index in [4.69, 9.17) is 0 Å². The van der Waals surface area contributed by atoms with Crippen LogP contribution in [0.2, 0.25) is 0 Å². The highest BCUT2D eigenvalue weighted by Crippen LogP contribution is 2.43. The summed E-state index contributed by atoms with van der Waals surface area (Å²) in [6, 6.07) is 11.8. The van der Waals surface area contributed by atoms with Crippen molar-refractivity contribution in [1.82, 2.24) is 14.8 Å². The van der Waals surface area contributed by atoms with Crippen LogP contribution in [0.25, 0.3) is 0 Å². The van der Waals surface area contributed by atoms with Crippen LogP contribution in [-0.4, -0.2) is 52.3 Å². The molecule has 32 heavy (non-hydrogen) atoms. The van der Waals surface area contributed by atoms with Gasteiger partial charge in [-0.3, -0.25) is 14.4 Å². The average molecular weight is 434 g/mol. The molecule has 2 amide bonds. The predicted molar refractivity (Wildman–Crippen MR) is 122 cm³/mol. The lowest BCUT2D eigenvalue weighted by Crippen LogP contribution is -2.50. The van der Waals surface area contributed by atoms with E-state index in [1.165, 1.54) is 23.4 Å². The first kappa shape index (κ1) is 21.0. The maximum absolute atomic E-state index is 13.4. The lowest BCUT2D eigenvalue weighted by molar-refractivity contribution is -0.137. The normalized spacial score (nSPS) is 25.7. The molecule has 1 aliphatic carbocycles. The lowest BCUT2D eigenvalue weighted by Gasteiger charge is -2.39. The summed E-state index contributed by atoms with van der Waals surface area (Å²) in [6.07, 6.45) is 6.63. The fourth-order valence-electron chi connectivity index (χ4n) is 6.09. The van der Waals surface area contributed by atoms with Crippen LogP contribution in [0.4, 0.5) is 0 Å². The molecule has 0 radical (unpaired) electrons. The van der Waals surface area contributed by atoms with Crippen molar-refractivity contribution in [2.45, 2.75) is 51.0 Å². The van der Waals surface area contributed by atoms with Crippen molar-refractivity contribution < 1.29 is 9.59 Å². The second kappa shape index (κ2) is 8.57. The van der Waals surface area contributed by atoms with Crippen LogP contribution in [0.3, 0.4) is 0 Å². The number of likely N-dealkylation sites (tertiary alicyclic amines) is 2. The standard InChI is InChI=1S/C26H31N3O3/c1-17-5-4-8-19(13-17)21-16-29(26(32)18-6-2-3-7-18)23-10-12-28(15-22(21)23)25(31)20-9-11-27-24(30)14-20/h4-5,8-9,11,13-14,18,21-23H,2-3,6-7,10,12,15-16H2,1H3,(H,27,30)/t21-,22-,23-/m1/s1. The Balaban J connectivity index is 1.43. The monoisotopic (exact) mass is 433 g/mol. The molecule has 3 heterocycles. The van der Waals surface area contributed by atoms with Gasteiger partial charge in [0.05, 0.1) is 0 Å².